The van der Waals surface area contributed by atoms with Crippen LogP contribution in [-0.2, 0) is 16.0 Å². The first-order chi connectivity index (χ1) is 13.6. The molecule has 29 heavy (non-hydrogen) atoms. The van der Waals surface area contributed by atoms with Gasteiger partial charge in [-0.25, -0.2) is 23.4 Å². The Balaban J connectivity index is 2.00. The maximum Gasteiger partial charge on any atom is 0.434 e. The normalized spacial score (nSPS) is 12.7. The third-order valence-electron chi connectivity index (χ3n) is 4.33. The summed E-state index contributed by atoms with van der Waals surface area (Å²) in [5.74, 6) is -0.173. The van der Waals surface area contributed by atoms with Crippen LogP contribution in [0.2, 0.25) is 5.02 Å². The SMILES string of the molecule is CCS(=O)(=O)c1cc2ccc(Cl)cc2nc1-c1cn2cc(C(F)(F)F)ncc2n1. The summed E-state index contributed by atoms with van der Waals surface area (Å²) in [5, 5.41) is 0.978. The molecule has 0 aliphatic heterocycles. The van der Waals surface area contributed by atoms with Crippen LogP contribution >= 0.6 is 11.6 Å². The highest BCUT2D eigenvalue weighted by atomic mass is 35.5. The van der Waals surface area contributed by atoms with Crippen molar-refractivity contribution in [3.63, 3.8) is 0 Å². The molecular weight excluding hydrogens is 429 g/mol. The number of benzene rings is 1. The van der Waals surface area contributed by atoms with Crippen LogP contribution in [0.25, 0.3) is 27.9 Å². The predicted molar refractivity (Wildman–Crippen MR) is 101 cm³/mol. The van der Waals surface area contributed by atoms with E-state index in [9.17, 15) is 21.6 Å². The summed E-state index contributed by atoms with van der Waals surface area (Å²) in [7, 11) is -3.69. The summed E-state index contributed by atoms with van der Waals surface area (Å²) >= 11 is 6.01. The van der Waals surface area contributed by atoms with Crippen molar-refractivity contribution in [2.75, 3.05) is 5.75 Å². The van der Waals surface area contributed by atoms with E-state index in [1.54, 1.807) is 18.2 Å². The van der Waals surface area contributed by atoms with E-state index < -0.39 is 21.7 Å². The zero-order valence-corrected chi connectivity index (χ0v) is 16.3. The fourth-order valence-corrected chi connectivity index (χ4v) is 4.09. The molecule has 3 aromatic heterocycles. The lowest BCUT2D eigenvalue weighted by atomic mass is 10.2. The van der Waals surface area contributed by atoms with Crippen molar-refractivity contribution in [3.8, 4) is 11.4 Å². The first-order valence-electron chi connectivity index (χ1n) is 8.34. The largest absolute Gasteiger partial charge is 0.434 e. The summed E-state index contributed by atoms with van der Waals surface area (Å²) in [4.78, 5) is 11.9. The Hall–Kier alpha value is -2.72. The minimum Gasteiger partial charge on any atom is -0.303 e. The fraction of sp³-hybridized carbons (Fsp3) is 0.167. The van der Waals surface area contributed by atoms with E-state index in [0.29, 0.717) is 15.9 Å². The van der Waals surface area contributed by atoms with E-state index >= 15 is 0 Å². The molecular formula is C18H12ClF3N4O2S. The number of nitrogens with zero attached hydrogens (tertiary/aromatic N) is 4. The average Bonchev–Trinajstić information content (AvgIpc) is 3.09. The second-order valence-electron chi connectivity index (χ2n) is 6.24. The first kappa shape index (κ1) is 19.6. The van der Waals surface area contributed by atoms with Gasteiger partial charge in [-0.15, -0.1) is 0 Å². The molecule has 1 aromatic carbocycles. The second-order valence-corrected chi connectivity index (χ2v) is 8.92. The van der Waals surface area contributed by atoms with Gasteiger partial charge in [0, 0.05) is 22.8 Å². The molecule has 0 amide bonds. The zero-order chi connectivity index (χ0) is 21.0. The summed E-state index contributed by atoms with van der Waals surface area (Å²) < 4.78 is 65.2. The third kappa shape index (κ3) is 3.53. The van der Waals surface area contributed by atoms with Crippen molar-refractivity contribution in [3.05, 3.63) is 53.6 Å². The zero-order valence-electron chi connectivity index (χ0n) is 14.8. The van der Waals surface area contributed by atoms with E-state index in [1.165, 1.54) is 19.2 Å². The fourth-order valence-electron chi connectivity index (χ4n) is 2.86. The van der Waals surface area contributed by atoms with Crippen molar-refractivity contribution in [2.45, 2.75) is 18.0 Å². The summed E-state index contributed by atoms with van der Waals surface area (Å²) in [6.07, 6.45) is -1.57. The summed E-state index contributed by atoms with van der Waals surface area (Å²) in [6, 6.07) is 6.30. The van der Waals surface area contributed by atoms with Crippen LogP contribution in [0.3, 0.4) is 0 Å². The van der Waals surface area contributed by atoms with Crippen molar-refractivity contribution < 1.29 is 21.6 Å². The highest BCUT2D eigenvalue weighted by Crippen LogP contribution is 2.32. The van der Waals surface area contributed by atoms with Gasteiger partial charge < -0.3 is 4.40 Å². The molecule has 0 aliphatic carbocycles. The topological polar surface area (TPSA) is 77.2 Å². The second kappa shape index (κ2) is 6.67. The van der Waals surface area contributed by atoms with Crippen LogP contribution < -0.4 is 0 Å². The lowest BCUT2D eigenvalue weighted by Crippen LogP contribution is -2.08. The standard InChI is InChI=1S/C18H12ClF3N4O2S/c1-2-29(27,28)14-5-10-3-4-11(19)6-12(10)25-17(14)13-8-26-9-15(18(20,21)22)23-7-16(26)24-13/h3-9H,2H2,1H3. The minimum atomic E-state index is -4.62. The summed E-state index contributed by atoms with van der Waals surface area (Å²) in [5.41, 5.74) is -0.373. The smallest absolute Gasteiger partial charge is 0.303 e. The Labute approximate surface area is 167 Å². The number of halogens is 4. The molecule has 6 nitrogen and oxygen atoms in total. The van der Waals surface area contributed by atoms with Crippen molar-refractivity contribution in [1.29, 1.82) is 0 Å². The molecule has 0 spiro atoms. The molecule has 0 fully saturated rings. The van der Waals surface area contributed by atoms with Gasteiger partial charge in [0.1, 0.15) is 11.4 Å². The number of pyridine rings is 1. The van der Waals surface area contributed by atoms with E-state index in [2.05, 4.69) is 15.0 Å². The van der Waals surface area contributed by atoms with Crippen LogP contribution in [0.4, 0.5) is 13.2 Å². The van der Waals surface area contributed by atoms with Crippen LogP contribution in [-0.4, -0.2) is 33.5 Å². The Morgan fingerprint density at radius 2 is 1.90 bits per heavy atom. The maximum absolute atomic E-state index is 12.9. The van der Waals surface area contributed by atoms with Crippen LogP contribution in [0.1, 0.15) is 12.6 Å². The third-order valence-corrected chi connectivity index (χ3v) is 6.31. The molecule has 3 heterocycles. The quantitative estimate of drug-likeness (QED) is 0.471. The van der Waals surface area contributed by atoms with Crippen LogP contribution in [0, 0.1) is 0 Å². The highest BCUT2D eigenvalue weighted by Gasteiger charge is 2.33. The molecule has 0 saturated carbocycles. The van der Waals surface area contributed by atoms with Gasteiger partial charge in [0.15, 0.2) is 21.2 Å². The van der Waals surface area contributed by atoms with Gasteiger partial charge in [-0.05, 0) is 18.2 Å². The molecule has 0 saturated heterocycles. The summed E-state index contributed by atoms with van der Waals surface area (Å²) in [6.45, 7) is 1.49. The van der Waals surface area contributed by atoms with Gasteiger partial charge in [-0.3, -0.25) is 0 Å². The van der Waals surface area contributed by atoms with Crippen LogP contribution in [0.5, 0.6) is 0 Å². The average molecular weight is 441 g/mol. The number of hydrogen-bond acceptors (Lipinski definition) is 5. The van der Waals surface area contributed by atoms with Gasteiger partial charge in [-0.2, -0.15) is 13.2 Å². The van der Waals surface area contributed by atoms with Gasteiger partial charge in [0.25, 0.3) is 0 Å². The number of hydrogen-bond donors (Lipinski definition) is 0. The molecule has 0 atom stereocenters. The van der Waals surface area contributed by atoms with Gasteiger partial charge in [-0.1, -0.05) is 24.6 Å². The molecule has 0 radical (unpaired) electrons. The Morgan fingerprint density at radius 3 is 2.59 bits per heavy atom. The first-order valence-corrected chi connectivity index (χ1v) is 10.4. The number of fused-ring (bicyclic) bond motifs is 2. The van der Waals surface area contributed by atoms with E-state index in [1.807, 2.05) is 0 Å². The van der Waals surface area contributed by atoms with Gasteiger partial charge in [0.2, 0.25) is 0 Å². The molecule has 0 aliphatic rings. The molecule has 0 N–H and O–H groups in total. The van der Waals surface area contributed by atoms with Gasteiger partial charge >= 0.3 is 6.18 Å². The predicted octanol–water partition coefficient (Wildman–Crippen LogP) is 4.41. The number of sulfone groups is 1. The Bertz CT molecular complexity index is 1370. The van der Waals surface area contributed by atoms with E-state index in [4.69, 9.17) is 11.6 Å². The van der Waals surface area contributed by atoms with Crippen molar-refractivity contribution >= 4 is 38.0 Å². The lowest BCUT2D eigenvalue weighted by molar-refractivity contribution is -0.141. The number of alkyl halides is 3. The van der Waals surface area contributed by atoms with Crippen molar-refractivity contribution in [1.82, 2.24) is 19.4 Å². The van der Waals surface area contributed by atoms with Crippen LogP contribution in [0.15, 0.2) is 47.8 Å². The molecule has 150 valence electrons. The molecule has 4 rings (SSSR count). The molecule has 0 bridgehead atoms. The highest BCUT2D eigenvalue weighted by molar-refractivity contribution is 7.91. The minimum absolute atomic E-state index is 0.0406. The molecule has 4 aromatic rings. The monoisotopic (exact) mass is 440 g/mol. The molecule has 0 unspecified atom stereocenters. The number of imidazole rings is 1. The molecule has 11 heteroatoms. The Kier molecular flexibility index (Phi) is 4.50. The van der Waals surface area contributed by atoms with Gasteiger partial charge in [0.05, 0.1) is 22.4 Å². The van der Waals surface area contributed by atoms with Crippen molar-refractivity contribution in [2.24, 2.45) is 0 Å². The Morgan fingerprint density at radius 1 is 1.14 bits per heavy atom. The lowest BCUT2D eigenvalue weighted by Gasteiger charge is -2.09. The van der Waals surface area contributed by atoms with E-state index in [-0.39, 0.29) is 27.7 Å². The number of aromatic nitrogens is 4. The maximum atomic E-state index is 12.9. The van der Waals surface area contributed by atoms with E-state index in [0.717, 1.165) is 16.8 Å². The number of rotatable bonds is 3.